The second-order valence-corrected chi connectivity index (χ2v) is 4.07. The predicted molar refractivity (Wildman–Crippen MR) is 63.8 cm³/mol. The number of hydrogen-bond donors (Lipinski definition) is 1. The SMILES string of the molecule is CCCOc1ccc2c(c1)C(OC)NC(=O)C2. The first kappa shape index (κ1) is 11.9. The van der Waals surface area contributed by atoms with Crippen LogP contribution in [0.2, 0.25) is 0 Å². The molecule has 1 N–H and O–H groups in total. The summed E-state index contributed by atoms with van der Waals surface area (Å²) in [7, 11) is 1.58. The molecule has 0 aliphatic carbocycles. The number of nitrogens with one attached hydrogen (secondary N) is 1. The Kier molecular flexibility index (Phi) is 3.64. The first-order chi connectivity index (χ1) is 8.24. The number of fused-ring (bicyclic) bond motifs is 1. The molecule has 0 saturated heterocycles. The van der Waals surface area contributed by atoms with E-state index in [-0.39, 0.29) is 12.1 Å². The average Bonchev–Trinajstić information content (AvgIpc) is 2.35. The number of rotatable bonds is 4. The van der Waals surface area contributed by atoms with E-state index in [0.29, 0.717) is 13.0 Å². The minimum absolute atomic E-state index is 0.00780. The van der Waals surface area contributed by atoms with Crippen LogP contribution in [-0.4, -0.2) is 19.6 Å². The van der Waals surface area contributed by atoms with E-state index in [1.165, 1.54) is 0 Å². The molecule has 0 aromatic heterocycles. The molecule has 4 nitrogen and oxygen atoms in total. The highest BCUT2D eigenvalue weighted by molar-refractivity contribution is 5.81. The molecule has 1 atom stereocenters. The van der Waals surface area contributed by atoms with Crippen LogP contribution in [0.1, 0.15) is 30.7 Å². The smallest absolute Gasteiger partial charge is 0.226 e. The molecule has 17 heavy (non-hydrogen) atoms. The molecule has 1 amide bonds. The average molecular weight is 235 g/mol. The highest BCUT2D eigenvalue weighted by Crippen LogP contribution is 2.27. The summed E-state index contributed by atoms with van der Waals surface area (Å²) >= 11 is 0. The number of methoxy groups -OCH3 is 1. The molecule has 1 aromatic rings. The van der Waals surface area contributed by atoms with Gasteiger partial charge < -0.3 is 14.8 Å². The largest absolute Gasteiger partial charge is 0.494 e. The number of benzene rings is 1. The van der Waals surface area contributed by atoms with Gasteiger partial charge >= 0.3 is 0 Å². The van der Waals surface area contributed by atoms with Crippen LogP contribution < -0.4 is 10.1 Å². The van der Waals surface area contributed by atoms with Crippen molar-refractivity contribution in [3.63, 3.8) is 0 Å². The molecule has 1 unspecified atom stereocenters. The van der Waals surface area contributed by atoms with Crippen LogP contribution in [0, 0.1) is 0 Å². The Labute approximate surface area is 101 Å². The molecule has 1 aliphatic rings. The number of carbonyl (C=O) groups is 1. The van der Waals surface area contributed by atoms with Gasteiger partial charge in [-0.05, 0) is 24.1 Å². The van der Waals surface area contributed by atoms with Crippen LogP contribution in [-0.2, 0) is 16.0 Å². The molecular formula is C13H17NO3. The summed E-state index contributed by atoms with van der Waals surface area (Å²) in [6.07, 6.45) is 1.02. The Hall–Kier alpha value is -1.55. The molecule has 2 rings (SSSR count). The lowest BCUT2D eigenvalue weighted by molar-refractivity contribution is -0.125. The molecule has 0 spiro atoms. The van der Waals surface area contributed by atoms with Crippen molar-refractivity contribution in [2.24, 2.45) is 0 Å². The van der Waals surface area contributed by atoms with E-state index < -0.39 is 0 Å². The summed E-state index contributed by atoms with van der Waals surface area (Å²) in [4.78, 5) is 11.4. The molecule has 0 saturated carbocycles. The van der Waals surface area contributed by atoms with Gasteiger partial charge in [0.15, 0.2) is 6.23 Å². The minimum Gasteiger partial charge on any atom is -0.494 e. The van der Waals surface area contributed by atoms with Crippen molar-refractivity contribution in [1.82, 2.24) is 5.32 Å². The third kappa shape index (κ3) is 2.58. The maximum atomic E-state index is 11.4. The van der Waals surface area contributed by atoms with E-state index in [0.717, 1.165) is 23.3 Å². The molecule has 92 valence electrons. The number of ether oxygens (including phenoxy) is 2. The second kappa shape index (κ2) is 5.19. The first-order valence-electron chi connectivity index (χ1n) is 5.82. The fourth-order valence-electron chi connectivity index (χ4n) is 1.92. The lowest BCUT2D eigenvalue weighted by Gasteiger charge is -2.25. The van der Waals surface area contributed by atoms with Crippen molar-refractivity contribution in [1.29, 1.82) is 0 Å². The van der Waals surface area contributed by atoms with Gasteiger partial charge in [0.25, 0.3) is 0 Å². The zero-order valence-corrected chi connectivity index (χ0v) is 10.2. The lowest BCUT2D eigenvalue weighted by Crippen LogP contribution is -2.36. The standard InChI is InChI=1S/C13H17NO3/c1-3-6-17-10-5-4-9-7-12(15)14-13(16-2)11(9)8-10/h4-5,8,13H,3,6-7H2,1-2H3,(H,14,15). The van der Waals surface area contributed by atoms with Crippen molar-refractivity contribution >= 4 is 5.91 Å². The summed E-state index contributed by atoms with van der Waals surface area (Å²) < 4.78 is 10.8. The van der Waals surface area contributed by atoms with Crippen LogP contribution in [0.15, 0.2) is 18.2 Å². The third-order valence-corrected chi connectivity index (χ3v) is 2.75. The fraction of sp³-hybridized carbons (Fsp3) is 0.462. The number of hydrogen-bond acceptors (Lipinski definition) is 3. The lowest BCUT2D eigenvalue weighted by atomic mass is 9.99. The Morgan fingerprint density at radius 2 is 2.29 bits per heavy atom. The summed E-state index contributed by atoms with van der Waals surface area (Å²) in [5.74, 6) is 0.815. The molecule has 0 fully saturated rings. The summed E-state index contributed by atoms with van der Waals surface area (Å²) in [5, 5.41) is 2.79. The van der Waals surface area contributed by atoms with Crippen LogP contribution in [0.5, 0.6) is 5.75 Å². The second-order valence-electron chi connectivity index (χ2n) is 4.07. The highest BCUT2D eigenvalue weighted by atomic mass is 16.5. The molecule has 1 aromatic carbocycles. The quantitative estimate of drug-likeness (QED) is 0.865. The maximum absolute atomic E-state index is 11.4. The van der Waals surface area contributed by atoms with Gasteiger partial charge in [0.1, 0.15) is 5.75 Å². The van der Waals surface area contributed by atoms with Crippen molar-refractivity contribution < 1.29 is 14.3 Å². The zero-order chi connectivity index (χ0) is 12.3. The molecular weight excluding hydrogens is 218 g/mol. The van der Waals surface area contributed by atoms with Gasteiger partial charge in [0.05, 0.1) is 13.0 Å². The fourth-order valence-corrected chi connectivity index (χ4v) is 1.92. The Balaban J connectivity index is 2.26. The molecule has 1 aliphatic heterocycles. The van der Waals surface area contributed by atoms with Crippen molar-refractivity contribution in [2.75, 3.05) is 13.7 Å². The van der Waals surface area contributed by atoms with Crippen molar-refractivity contribution in [3.05, 3.63) is 29.3 Å². The highest BCUT2D eigenvalue weighted by Gasteiger charge is 2.24. The zero-order valence-electron chi connectivity index (χ0n) is 10.2. The van der Waals surface area contributed by atoms with Gasteiger partial charge in [0, 0.05) is 12.7 Å². The van der Waals surface area contributed by atoms with Crippen LogP contribution in [0.25, 0.3) is 0 Å². The van der Waals surface area contributed by atoms with E-state index in [9.17, 15) is 4.79 Å². The Morgan fingerprint density at radius 3 is 3.00 bits per heavy atom. The normalized spacial score (nSPS) is 18.5. The first-order valence-corrected chi connectivity index (χ1v) is 5.82. The van der Waals surface area contributed by atoms with Gasteiger partial charge in [-0.1, -0.05) is 13.0 Å². The van der Waals surface area contributed by atoms with Gasteiger partial charge in [-0.25, -0.2) is 0 Å². The summed E-state index contributed by atoms with van der Waals surface area (Å²) in [5.41, 5.74) is 1.99. The molecule has 1 heterocycles. The van der Waals surface area contributed by atoms with Crippen molar-refractivity contribution in [3.8, 4) is 5.75 Å². The van der Waals surface area contributed by atoms with E-state index in [1.54, 1.807) is 7.11 Å². The van der Waals surface area contributed by atoms with Crippen LogP contribution >= 0.6 is 0 Å². The summed E-state index contributed by atoms with van der Waals surface area (Å²) in [6.45, 7) is 2.76. The van der Waals surface area contributed by atoms with Crippen molar-refractivity contribution in [2.45, 2.75) is 26.0 Å². The van der Waals surface area contributed by atoms with E-state index >= 15 is 0 Å². The predicted octanol–water partition coefficient (Wildman–Crippen LogP) is 1.79. The van der Waals surface area contributed by atoms with Crippen LogP contribution in [0.4, 0.5) is 0 Å². The number of carbonyl (C=O) groups excluding carboxylic acids is 1. The topological polar surface area (TPSA) is 47.6 Å². The Bertz CT molecular complexity index is 417. The van der Waals surface area contributed by atoms with Gasteiger partial charge in [-0.15, -0.1) is 0 Å². The maximum Gasteiger partial charge on any atom is 0.226 e. The number of amides is 1. The van der Waals surface area contributed by atoms with Gasteiger partial charge in [0.2, 0.25) is 5.91 Å². The van der Waals surface area contributed by atoms with E-state index in [2.05, 4.69) is 12.2 Å². The molecule has 0 bridgehead atoms. The molecule has 0 radical (unpaired) electrons. The monoisotopic (exact) mass is 235 g/mol. The van der Waals surface area contributed by atoms with Gasteiger partial charge in [-0.3, -0.25) is 4.79 Å². The van der Waals surface area contributed by atoms with E-state index in [1.807, 2.05) is 18.2 Å². The third-order valence-electron chi connectivity index (χ3n) is 2.75. The minimum atomic E-state index is -0.364. The van der Waals surface area contributed by atoms with Gasteiger partial charge in [-0.2, -0.15) is 0 Å². The van der Waals surface area contributed by atoms with E-state index in [4.69, 9.17) is 9.47 Å². The summed E-state index contributed by atoms with van der Waals surface area (Å²) in [6, 6.07) is 5.78. The Morgan fingerprint density at radius 1 is 1.47 bits per heavy atom. The van der Waals surface area contributed by atoms with Crippen LogP contribution in [0.3, 0.4) is 0 Å². The molecule has 4 heteroatoms.